The second-order valence-corrected chi connectivity index (χ2v) is 4.48. The summed E-state index contributed by atoms with van der Waals surface area (Å²) in [6.07, 6.45) is 0.613. The van der Waals surface area contributed by atoms with Gasteiger partial charge in [-0.1, -0.05) is 12.1 Å². The number of hydrogen-bond donors (Lipinski definition) is 1. The first kappa shape index (κ1) is 11.2. The number of benzene rings is 1. The SMILES string of the molecule is N#CCS(=O)(=O)Nc1cccc(C=O)c1. The monoisotopic (exact) mass is 224 g/mol. The molecule has 0 saturated carbocycles. The molecule has 78 valence electrons. The summed E-state index contributed by atoms with van der Waals surface area (Å²) >= 11 is 0. The lowest BCUT2D eigenvalue weighted by atomic mass is 10.2. The first-order valence-electron chi connectivity index (χ1n) is 4.00. The summed E-state index contributed by atoms with van der Waals surface area (Å²) in [5.41, 5.74) is 0.641. The second kappa shape index (κ2) is 4.57. The highest BCUT2D eigenvalue weighted by molar-refractivity contribution is 7.92. The van der Waals surface area contributed by atoms with Gasteiger partial charge >= 0.3 is 0 Å². The summed E-state index contributed by atoms with van der Waals surface area (Å²) in [6, 6.07) is 7.53. The predicted molar refractivity (Wildman–Crippen MR) is 54.9 cm³/mol. The van der Waals surface area contributed by atoms with Crippen LogP contribution in [0.15, 0.2) is 24.3 Å². The number of aldehydes is 1. The Hall–Kier alpha value is -1.87. The Kier molecular flexibility index (Phi) is 3.42. The molecular formula is C9H8N2O3S. The number of carbonyl (C=O) groups is 1. The third-order valence-corrected chi connectivity index (χ3v) is 2.61. The number of anilines is 1. The van der Waals surface area contributed by atoms with E-state index in [1.165, 1.54) is 18.2 Å². The van der Waals surface area contributed by atoms with Crippen LogP contribution in [-0.2, 0) is 10.0 Å². The fourth-order valence-electron chi connectivity index (χ4n) is 0.976. The minimum absolute atomic E-state index is 0.273. The summed E-state index contributed by atoms with van der Waals surface area (Å²) < 4.78 is 24.5. The van der Waals surface area contributed by atoms with Crippen LogP contribution in [0.5, 0.6) is 0 Å². The molecule has 0 bridgehead atoms. The first-order valence-corrected chi connectivity index (χ1v) is 5.65. The zero-order chi connectivity index (χ0) is 11.3. The van der Waals surface area contributed by atoms with Crippen molar-refractivity contribution in [1.82, 2.24) is 0 Å². The van der Waals surface area contributed by atoms with Gasteiger partial charge in [-0.2, -0.15) is 5.26 Å². The molecule has 0 fully saturated rings. The third-order valence-electron chi connectivity index (χ3n) is 1.55. The Bertz CT molecular complexity index is 502. The molecule has 0 aliphatic heterocycles. The number of carbonyl (C=O) groups excluding carboxylic acids is 1. The highest BCUT2D eigenvalue weighted by Crippen LogP contribution is 2.10. The maximum Gasteiger partial charge on any atom is 0.246 e. The zero-order valence-corrected chi connectivity index (χ0v) is 8.49. The maximum absolute atomic E-state index is 11.2. The van der Waals surface area contributed by atoms with Crippen LogP contribution in [0.3, 0.4) is 0 Å². The fourth-order valence-corrected chi connectivity index (χ4v) is 1.70. The standard InChI is InChI=1S/C9H8N2O3S/c10-4-5-15(13,14)11-9-3-1-2-8(6-9)7-12/h1-3,6-7,11H,5H2. The summed E-state index contributed by atoms with van der Waals surface area (Å²) in [6.45, 7) is 0. The zero-order valence-electron chi connectivity index (χ0n) is 7.67. The van der Waals surface area contributed by atoms with Gasteiger partial charge in [0.1, 0.15) is 6.29 Å². The van der Waals surface area contributed by atoms with Crippen LogP contribution in [0.1, 0.15) is 10.4 Å². The van der Waals surface area contributed by atoms with Gasteiger partial charge < -0.3 is 0 Å². The molecule has 0 aliphatic rings. The Morgan fingerprint density at radius 1 is 1.47 bits per heavy atom. The van der Waals surface area contributed by atoms with E-state index in [-0.39, 0.29) is 5.69 Å². The number of nitriles is 1. The van der Waals surface area contributed by atoms with Crippen molar-refractivity contribution in [3.63, 3.8) is 0 Å². The van der Waals surface area contributed by atoms with E-state index < -0.39 is 15.8 Å². The molecular weight excluding hydrogens is 216 g/mol. The van der Waals surface area contributed by atoms with Gasteiger partial charge in [0.25, 0.3) is 0 Å². The summed E-state index contributed by atoms with van der Waals surface area (Å²) in [5, 5.41) is 8.26. The van der Waals surface area contributed by atoms with Crippen LogP contribution >= 0.6 is 0 Å². The average molecular weight is 224 g/mol. The van der Waals surface area contributed by atoms with Gasteiger partial charge in [-0.25, -0.2) is 8.42 Å². The van der Waals surface area contributed by atoms with E-state index >= 15 is 0 Å². The predicted octanol–water partition coefficient (Wildman–Crippen LogP) is 0.764. The fraction of sp³-hybridized carbons (Fsp3) is 0.111. The van der Waals surface area contributed by atoms with E-state index in [4.69, 9.17) is 5.26 Å². The molecule has 0 unspecified atom stereocenters. The normalized spacial score (nSPS) is 10.3. The van der Waals surface area contributed by atoms with E-state index in [1.54, 1.807) is 12.1 Å². The molecule has 1 rings (SSSR count). The van der Waals surface area contributed by atoms with Gasteiger partial charge in [0, 0.05) is 11.3 Å². The summed E-state index contributed by atoms with van der Waals surface area (Å²) in [7, 11) is -3.64. The van der Waals surface area contributed by atoms with Gasteiger partial charge in [0.2, 0.25) is 10.0 Å². The highest BCUT2D eigenvalue weighted by Gasteiger charge is 2.09. The van der Waals surface area contributed by atoms with Crippen LogP contribution < -0.4 is 4.72 Å². The molecule has 1 aromatic carbocycles. The van der Waals surface area contributed by atoms with Crippen LogP contribution in [0.4, 0.5) is 5.69 Å². The van der Waals surface area contributed by atoms with Gasteiger partial charge in [-0.3, -0.25) is 9.52 Å². The molecule has 6 heteroatoms. The van der Waals surface area contributed by atoms with Crippen molar-refractivity contribution in [1.29, 1.82) is 5.26 Å². The van der Waals surface area contributed by atoms with Crippen LogP contribution in [0.25, 0.3) is 0 Å². The van der Waals surface area contributed by atoms with Gasteiger partial charge in [0.15, 0.2) is 5.75 Å². The summed E-state index contributed by atoms with van der Waals surface area (Å²) in [4.78, 5) is 10.4. The minimum atomic E-state index is -3.64. The molecule has 1 aromatic rings. The van der Waals surface area contributed by atoms with E-state index in [9.17, 15) is 13.2 Å². The Labute approximate surface area is 87.4 Å². The topological polar surface area (TPSA) is 87.0 Å². The largest absolute Gasteiger partial charge is 0.298 e. The minimum Gasteiger partial charge on any atom is -0.298 e. The van der Waals surface area contributed by atoms with Crippen molar-refractivity contribution in [3.05, 3.63) is 29.8 Å². The van der Waals surface area contributed by atoms with Crippen LogP contribution in [0, 0.1) is 11.3 Å². The Morgan fingerprint density at radius 2 is 2.20 bits per heavy atom. The lowest BCUT2D eigenvalue weighted by Gasteiger charge is -2.04. The molecule has 0 aliphatic carbocycles. The molecule has 5 nitrogen and oxygen atoms in total. The van der Waals surface area contributed by atoms with E-state index in [0.717, 1.165) is 0 Å². The molecule has 1 N–H and O–H groups in total. The number of nitrogens with one attached hydrogen (secondary N) is 1. The molecule has 0 heterocycles. The number of hydrogen-bond acceptors (Lipinski definition) is 4. The lowest BCUT2D eigenvalue weighted by Crippen LogP contribution is -2.15. The lowest BCUT2D eigenvalue weighted by molar-refractivity contribution is 0.112. The Morgan fingerprint density at radius 3 is 2.80 bits per heavy atom. The molecule has 0 saturated heterocycles. The van der Waals surface area contributed by atoms with E-state index in [0.29, 0.717) is 11.8 Å². The smallest absolute Gasteiger partial charge is 0.246 e. The first-order chi connectivity index (χ1) is 7.07. The maximum atomic E-state index is 11.2. The van der Waals surface area contributed by atoms with Gasteiger partial charge in [-0.15, -0.1) is 0 Å². The van der Waals surface area contributed by atoms with Crippen molar-refractivity contribution in [2.75, 3.05) is 10.5 Å². The average Bonchev–Trinajstić information content (AvgIpc) is 2.17. The number of sulfonamides is 1. The van der Waals surface area contributed by atoms with E-state index in [2.05, 4.69) is 4.72 Å². The molecule has 0 atom stereocenters. The number of nitrogens with zero attached hydrogens (tertiary/aromatic N) is 1. The van der Waals surface area contributed by atoms with Crippen molar-refractivity contribution in [2.24, 2.45) is 0 Å². The second-order valence-electron chi connectivity index (χ2n) is 2.76. The molecule has 0 radical (unpaired) electrons. The molecule has 0 aromatic heterocycles. The molecule has 0 amide bonds. The molecule has 15 heavy (non-hydrogen) atoms. The van der Waals surface area contributed by atoms with E-state index in [1.807, 2.05) is 0 Å². The molecule has 0 spiro atoms. The quantitative estimate of drug-likeness (QED) is 0.765. The van der Waals surface area contributed by atoms with Gasteiger partial charge in [-0.05, 0) is 12.1 Å². The highest BCUT2D eigenvalue weighted by atomic mass is 32.2. The van der Waals surface area contributed by atoms with Crippen molar-refractivity contribution in [3.8, 4) is 6.07 Å². The summed E-state index contributed by atoms with van der Waals surface area (Å²) in [5.74, 6) is -0.613. The van der Waals surface area contributed by atoms with Crippen molar-refractivity contribution < 1.29 is 13.2 Å². The van der Waals surface area contributed by atoms with Crippen molar-refractivity contribution in [2.45, 2.75) is 0 Å². The number of rotatable bonds is 4. The van der Waals surface area contributed by atoms with Crippen LogP contribution in [-0.4, -0.2) is 20.5 Å². The van der Waals surface area contributed by atoms with Crippen molar-refractivity contribution >= 4 is 22.0 Å². The third kappa shape index (κ3) is 3.40. The van der Waals surface area contributed by atoms with Crippen LogP contribution in [0.2, 0.25) is 0 Å². The van der Waals surface area contributed by atoms with Gasteiger partial charge in [0.05, 0.1) is 6.07 Å². The Balaban J connectivity index is 2.91.